The highest BCUT2D eigenvalue weighted by Gasteiger charge is 2.15. The van der Waals surface area contributed by atoms with E-state index in [-0.39, 0.29) is 0 Å². The van der Waals surface area contributed by atoms with Gasteiger partial charge in [-0.1, -0.05) is 19.1 Å². The molecule has 0 aliphatic carbocycles. The topological polar surface area (TPSA) is 95.6 Å². The maximum absolute atomic E-state index is 9.93. The van der Waals surface area contributed by atoms with Crippen LogP contribution in [0.4, 0.5) is 0 Å². The molecule has 3 aromatic rings. The highest BCUT2D eigenvalue weighted by Crippen LogP contribution is 2.22. The van der Waals surface area contributed by atoms with E-state index < -0.39 is 5.60 Å². The average molecular weight is 387 g/mol. The Bertz CT molecular complexity index is 1020. The van der Waals surface area contributed by atoms with Gasteiger partial charge in [0, 0.05) is 30.8 Å². The molecule has 0 atom stereocenters. The quantitative estimate of drug-likeness (QED) is 0.665. The van der Waals surface area contributed by atoms with E-state index in [1.807, 2.05) is 24.4 Å². The summed E-state index contributed by atoms with van der Waals surface area (Å²) in [6.45, 7) is 5.64. The summed E-state index contributed by atoms with van der Waals surface area (Å²) >= 11 is 0. The van der Waals surface area contributed by atoms with Crippen molar-refractivity contribution in [2.45, 2.75) is 52.1 Å². The van der Waals surface area contributed by atoms with E-state index in [4.69, 9.17) is 15.2 Å². The van der Waals surface area contributed by atoms with Gasteiger partial charge in [-0.05, 0) is 50.5 Å². The molecule has 3 rings (SSSR count). The SMILES string of the molecule is CCc1nc(CCC(C)(C)O)ncc1-c1ccnc(Cc2ccc(C#N)cc2)n1. The second-order valence-electron chi connectivity index (χ2n) is 7.66. The minimum absolute atomic E-state index is 0.589. The van der Waals surface area contributed by atoms with Crippen LogP contribution in [0.2, 0.25) is 0 Å². The van der Waals surface area contributed by atoms with Crippen LogP contribution < -0.4 is 0 Å². The number of rotatable bonds is 7. The van der Waals surface area contributed by atoms with Crippen LogP contribution in [0.1, 0.15) is 55.7 Å². The highest BCUT2D eigenvalue weighted by atomic mass is 16.3. The Morgan fingerprint density at radius 3 is 2.45 bits per heavy atom. The maximum atomic E-state index is 9.93. The van der Waals surface area contributed by atoms with Gasteiger partial charge in [0.1, 0.15) is 11.6 Å². The Morgan fingerprint density at radius 1 is 1.03 bits per heavy atom. The summed E-state index contributed by atoms with van der Waals surface area (Å²) in [7, 11) is 0. The second-order valence-corrected chi connectivity index (χ2v) is 7.66. The monoisotopic (exact) mass is 387 g/mol. The summed E-state index contributed by atoms with van der Waals surface area (Å²) in [5, 5.41) is 18.9. The fourth-order valence-electron chi connectivity index (χ4n) is 2.99. The minimum atomic E-state index is -0.735. The van der Waals surface area contributed by atoms with Crippen LogP contribution in [-0.2, 0) is 19.3 Å². The van der Waals surface area contributed by atoms with Gasteiger partial charge in [0.25, 0.3) is 0 Å². The largest absolute Gasteiger partial charge is 0.390 e. The van der Waals surface area contributed by atoms with Crippen LogP contribution in [0.3, 0.4) is 0 Å². The van der Waals surface area contributed by atoms with Crippen molar-refractivity contribution in [3.8, 4) is 17.3 Å². The molecule has 0 unspecified atom stereocenters. The van der Waals surface area contributed by atoms with Crippen molar-refractivity contribution in [1.29, 1.82) is 5.26 Å². The second kappa shape index (κ2) is 8.89. The number of hydrogen-bond acceptors (Lipinski definition) is 6. The average Bonchev–Trinajstić information content (AvgIpc) is 2.72. The molecule has 0 fully saturated rings. The zero-order valence-corrected chi connectivity index (χ0v) is 17.1. The van der Waals surface area contributed by atoms with Gasteiger partial charge in [-0.15, -0.1) is 0 Å². The van der Waals surface area contributed by atoms with Gasteiger partial charge in [-0.25, -0.2) is 19.9 Å². The number of nitriles is 1. The van der Waals surface area contributed by atoms with Crippen molar-refractivity contribution >= 4 is 0 Å². The van der Waals surface area contributed by atoms with E-state index in [0.717, 1.165) is 34.8 Å². The van der Waals surface area contributed by atoms with E-state index in [1.165, 1.54) is 0 Å². The van der Waals surface area contributed by atoms with Gasteiger partial charge in [0.2, 0.25) is 0 Å². The van der Waals surface area contributed by atoms with Crippen LogP contribution in [0, 0.1) is 11.3 Å². The molecule has 0 saturated carbocycles. The lowest BCUT2D eigenvalue weighted by Gasteiger charge is -2.16. The smallest absolute Gasteiger partial charge is 0.133 e. The zero-order valence-electron chi connectivity index (χ0n) is 17.1. The van der Waals surface area contributed by atoms with E-state index in [2.05, 4.69) is 23.0 Å². The maximum Gasteiger partial charge on any atom is 0.133 e. The van der Waals surface area contributed by atoms with Crippen LogP contribution in [-0.4, -0.2) is 30.6 Å². The molecule has 0 radical (unpaired) electrons. The number of nitrogens with zero attached hydrogens (tertiary/aromatic N) is 5. The summed E-state index contributed by atoms with van der Waals surface area (Å²) < 4.78 is 0. The molecule has 0 saturated heterocycles. The summed E-state index contributed by atoms with van der Waals surface area (Å²) in [6, 6.07) is 11.4. The fourth-order valence-corrected chi connectivity index (χ4v) is 2.99. The van der Waals surface area contributed by atoms with Crippen molar-refractivity contribution in [2.75, 3.05) is 0 Å². The molecule has 2 heterocycles. The molecule has 29 heavy (non-hydrogen) atoms. The zero-order chi connectivity index (χ0) is 20.9. The first-order valence-electron chi connectivity index (χ1n) is 9.76. The Balaban J connectivity index is 1.82. The number of aryl methyl sites for hydroxylation is 2. The van der Waals surface area contributed by atoms with Gasteiger partial charge >= 0.3 is 0 Å². The van der Waals surface area contributed by atoms with E-state index >= 15 is 0 Å². The molecule has 6 nitrogen and oxygen atoms in total. The van der Waals surface area contributed by atoms with Crippen LogP contribution in [0.5, 0.6) is 0 Å². The molecule has 0 bridgehead atoms. The van der Waals surface area contributed by atoms with Crippen LogP contribution in [0.25, 0.3) is 11.3 Å². The first-order chi connectivity index (χ1) is 13.9. The Morgan fingerprint density at radius 2 is 1.79 bits per heavy atom. The molecule has 0 amide bonds. The van der Waals surface area contributed by atoms with Crippen molar-refractivity contribution in [3.05, 3.63) is 71.2 Å². The van der Waals surface area contributed by atoms with Gasteiger partial charge in [-0.2, -0.15) is 5.26 Å². The van der Waals surface area contributed by atoms with Gasteiger partial charge in [0.15, 0.2) is 0 Å². The third-order valence-electron chi connectivity index (χ3n) is 4.64. The number of benzene rings is 1. The number of aromatic nitrogens is 4. The normalized spacial score (nSPS) is 11.3. The van der Waals surface area contributed by atoms with Crippen molar-refractivity contribution in [3.63, 3.8) is 0 Å². The predicted molar refractivity (Wildman–Crippen MR) is 111 cm³/mol. The molecular formula is C23H25N5O. The Kier molecular flexibility index (Phi) is 6.30. The number of aliphatic hydroxyl groups is 1. The predicted octanol–water partition coefficient (Wildman–Crippen LogP) is 3.66. The summed E-state index contributed by atoms with van der Waals surface area (Å²) in [5.41, 5.74) is 3.60. The highest BCUT2D eigenvalue weighted by molar-refractivity contribution is 5.60. The summed E-state index contributed by atoms with van der Waals surface area (Å²) in [6.07, 6.45) is 6.17. The van der Waals surface area contributed by atoms with Gasteiger partial charge < -0.3 is 5.11 Å². The standard InChI is InChI=1S/C23H25N5O/c1-4-19-18(15-26-21(27-19)9-11-23(2,3)29)20-10-12-25-22(28-20)13-16-5-7-17(14-24)8-6-16/h5-8,10,12,15,29H,4,9,11,13H2,1-3H3. The minimum Gasteiger partial charge on any atom is -0.390 e. The molecule has 6 heteroatoms. The van der Waals surface area contributed by atoms with Gasteiger partial charge in [-0.3, -0.25) is 0 Å². The fraction of sp³-hybridized carbons (Fsp3) is 0.348. The first-order valence-corrected chi connectivity index (χ1v) is 9.76. The lowest BCUT2D eigenvalue weighted by molar-refractivity contribution is 0.0708. The van der Waals surface area contributed by atoms with E-state index in [0.29, 0.717) is 30.7 Å². The molecular weight excluding hydrogens is 362 g/mol. The molecule has 0 aliphatic heterocycles. The lowest BCUT2D eigenvalue weighted by atomic mass is 10.0. The third-order valence-corrected chi connectivity index (χ3v) is 4.64. The first kappa shape index (κ1) is 20.6. The van der Waals surface area contributed by atoms with Crippen LogP contribution in [0.15, 0.2) is 42.7 Å². The van der Waals surface area contributed by atoms with Crippen molar-refractivity contribution < 1.29 is 5.11 Å². The van der Waals surface area contributed by atoms with E-state index in [9.17, 15) is 5.11 Å². The molecule has 0 aliphatic rings. The molecule has 2 aromatic heterocycles. The molecule has 148 valence electrons. The lowest BCUT2D eigenvalue weighted by Crippen LogP contribution is -2.20. The van der Waals surface area contributed by atoms with Gasteiger partial charge in [0.05, 0.1) is 28.6 Å². The molecule has 1 N–H and O–H groups in total. The summed E-state index contributed by atoms with van der Waals surface area (Å²) in [5.74, 6) is 1.44. The van der Waals surface area contributed by atoms with Crippen LogP contribution >= 0.6 is 0 Å². The Hall–Kier alpha value is -3.17. The summed E-state index contributed by atoms with van der Waals surface area (Å²) in [4.78, 5) is 18.3. The Labute approximate surface area is 171 Å². The van der Waals surface area contributed by atoms with E-state index in [1.54, 1.807) is 32.2 Å². The molecule has 1 aromatic carbocycles. The molecule has 0 spiro atoms. The number of hydrogen-bond donors (Lipinski definition) is 1. The van der Waals surface area contributed by atoms with Crippen molar-refractivity contribution in [1.82, 2.24) is 19.9 Å². The third kappa shape index (κ3) is 5.66. The van der Waals surface area contributed by atoms with Crippen molar-refractivity contribution in [2.24, 2.45) is 0 Å².